The van der Waals surface area contributed by atoms with Crippen LogP contribution in [0, 0.1) is 0 Å². The van der Waals surface area contributed by atoms with Crippen LogP contribution in [0.1, 0.15) is 48.7 Å². The lowest BCUT2D eigenvalue weighted by Gasteiger charge is -2.21. The van der Waals surface area contributed by atoms with Gasteiger partial charge in [0.25, 0.3) is 5.91 Å². The molecule has 1 atom stereocenters. The molecule has 6 nitrogen and oxygen atoms in total. The zero-order valence-electron chi connectivity index (χ0n) is 16.4. The summed E-state index contributed by atoms with van der Waals surface area (Å²) in [5.41, 5.74) is 8.02. The van der Waals surface area contributed by atoms with Crippen LogP contribution in [0.3, 0.4) is 0 Å². The first-order valence-electron chi connectivity index (χ1n) is 9.88. The minimum Gasteiger partial charge on any atom is -0.372 e. The molecular weight excluding hydrogens is 352 g/mol. The molecular formula is C22H28N4O2. The van der Waals surface area contributed by atoms with E-state index in [2.05, 4.69) is 34.9 Å². The largest absolute Gasteiger partial charge is 0.372 e. The number of hydrogen-bond donors (Lipinski definition) is 3. The summed E-state index contributed by atoms with van der Waals surface area (Å²) in [5.74, 6) is -0.405. The van der Waals surface area contributed by atoms with Gasteiger partial charge in [-0.25, -0.2) is 5.43 Å². The van der Waals surface area contributed by atoms with Crippen molar-refractivity contribution in [3.05, 3.63) is 65.7 Å². The van der Waals surface area contributed by atoms with Gasteiger partial charge in [0, 0.05) is 30.4 Å². The summed E-state index contributed by atoms with van der Waals surface area (Å²) < 4.78 is 0. The van der Waals surface area contributed by atoms with Crippen LogP contribution in [0.5, 0.6) is 0 Å². The minimum absolute atomic E-state index is 0.133. The summed E-state index contributed by atoms with van der Waals surface area (Å²) in [6.45, 7) is 6.03. The SMILES string of the molecule is CCN(CC)c1ccc(C(=O)NNC(C(=O)NC2CC2)c2ccccc2)cc1. The first-order chi connectivity index (χ1) is 13.6. The first-order valence-corrected chi connectivity index (χ1v) is 9.88. The van der Waals surface area contributed by atoms with Gasteiger partial charge in [0.2, 0.25) is 5.91 Å². The highest BCUT2D eigenvalue weighted by Gasteiger charge is 2.28. The van der Waals surface area contributed by atoms with E-state index < -0.39 is 6.04 Å². The maximum absolute atomic E-state index is 12.6. The summed E-state index contributed by atoms with van der Waals surface area (Å²) >= 11 is 0. The second-order valence-corrected chi connectivity index (χ2v) is 6.94. The van der Waals surface area contributed by atoms with Crippen molar-refractivity contribution in [3.63, 3.8) is 0 Å². The Balaban J connectivity index is 1.65. The number of anilines is 1. The fourth-order valence-corrected chi connectivity index (χ4v) is 3.08. The normalized spacial score (nSPS) is 14.2. The average molecular weight is 380 g/mol. The van der Waals surface area contributed by atoms with E-state index in [4.69, 9.17) is 0 Å². The summed E-state index contributed by atoms with van der Waals surface area (Å²) in [5, 5.41) is 2.99. The Labute approximate surface area is 166 Å². The molecule has 0 bridgehead atoms. The Morgan fingerprint density at radius 2 is 1.64 bits per heavy atom. The number of nitrogens with zero attached hydrogens (tertiary/aromatic N) is 1. The minimum atomic E-state index is -0.638. The molecule has 0 radical (unpaired) electrons. The fraction of sp³-hybridized carbons (Fsp3) is 0.364. The second kappa shape index (κ2) is 9.37. The molecule has 148 valence electrons. The maximum Gasteiger partial charge on any atom is 0.265 e. The molecule has 0 heterocycles. The molecule has 2 amide bonds. The number of rotatable bonds is 9. The van der Waals surface area contributed by atoms with Crippen molar-refractivity contribution in [2.45, 2.75) is 38.8 Å². The monoisotopic (exact) mass is 380 g/mol. The van der Waals surface area contributed by atoms with E-state index in [-0.39, 0.29) is 17.9 Å². The molecule has 0 aromatic heterocycles. The summed E-state index contributed by atoms with van der Waals surface area (Å²) in [6, 6.07) is 16.5. The van der Waals surface area contributed by atoms with Gasteiger partial charge in [0.05, 0.1) is 0 Å². The number of benzene rings is 2. The molecule has 1 aliphatic rings. The number of amides is 2. The molecule has 1 aliphatic carbocycles. The van der Waals surface area contributed by atoms with Gasteiger partial charge in [-0.15, -0.1) is 0 Å². The Morgan fingerprint density at radius 1 is 1.00 bits per heavy atom. The molecule has 28 heavy (non-hydrogen) atoms. The van der Waals surface area contributed by atoms with Crippen molar-refractivity contribution in [2.75, 3.05) is 18.0 Å². The molecule has 1 fully saturated rings. The molecule has 2 aromatic rings. The van der Waals surface area contributed by atoms with Crippen molar-refractivity contribution in [2.24, 2.45) is 0 Å². The van der Waals surface area contributed by atoms with Gasteiger partial charge in [-0.1, -0.05) is 30.3 Å². The lowest BCUT2D eigenvalue weighted by atomic mass is 10.1. The van der Waals surface area contributed by atoms with Crippen LogP contribution in [0.15, 0.2) is 54.6 Å². The summed E-state index contributed by atoms with van der Waals surface area (Å²) in [4.78, 5) is 27.4. The quantitative estimate of drug-likeness (QED) is 0.585. The van der Waals surface area contributed by atoms with Gasteiger partial charge in [-0.05, 0) is 56.5 Å². The summed E-state index contributed by atoms with van der Waals surface area (Å²) in [7, 11) is 0. The molecule has 0 aliphatic heterocycles. The zero-order valence-corrected chi connectivity index (χ0v) is 16.4. The van der Waals surface area contributed by atoms with Crippen LogP contribution in [-0.2, 0) is 4.79 Å². The van der Waals surface area contributed by atoms with Gasteiger partial charge in [0.15, 0.2) is 0 Å². The predicted molar refractivity (Wildman–Crippen MR) is 111 cm³/mol. The molecule has 3 N–H and O–H groups in total. The predicted octanol–water partition coefficient (Wildman–Crippen LogP) is 2.79. The van der Waals surface area contributed by atoms with Gasteiger partial charge < -0.3 is 10.2 Å². The average Bonchev–Trinajstić information content (AvgIpc) is 3.54. The molecule has 0 spiro atoms. The number of nitrogens with one attached hydrogen (secondary N) is 3. The van der Waals surface area contributed by atoms with Gasteiger partial charge in [-0.2, -0.15) is 0 Å². The van der Waals surface area contributed by atoms with Gasteiger partial charge >= 0.3 is 0 Å². The van der Waals surface area contributed by atoms with Crippen molar-refractivity contribution < 1.29 is 9.59 Å². The first kappa shape index (κ1) is 19.9. The van der Waals surface area contributed by atoms with E-state index in [0.29, 0.717) is 5.56 Å². The van der Waals surface area contributed by atoms with Crippen LogP contribution in [0.25, 0.3) is 0 Å². The third kappa shape index (κ3) is 5.10. The van der Waals surface area contributed by atoms with Crippen LogP contribution in [0.2, 0.25) is 0 Å². The van der Waals surface area contributed by atoms with Crippen LogP contribution in [-0.4, -0.2) is 30.9 Å². The summed E-state index contributed by atoms with van der Waals surface area (Å²) in [6.07, 6.45) is 2.02. The lowest BCUT2D eigenvalue weighted by Crippen LogP contribution is -2.46. The molecule has 0 saturated heterocycles. The highest BCUT2D eigenvalue weighted by atomic mass is 16.2. The molecule has 6 heteroatoms. The lowest BCUT2D eigenvalue weighted by molar-refractivity contribution is -0.123. The van der Waals surface area contributed by atoms with Gasteiger partial charge in [-0.3, -0.25) is 15.0 Å². The zero-order chi connectivity index (χ0) is 19.9. The van der Waals surface area contributed by atoms with Crippen LogP contribution in [0.4, 0.5) is 5.69 Å². The topological polar surface area (TPSA) is 73.5 Å². The second-order valence-electron chi connectivity index (χ2n) is 6.94. The Morgan fingerprint density at radius 3 is 2.21 bits per heavy atom. The van der Waals surface area contributed by atoms with E-state index in [1.165, 1.54) is 0 Å². The number of hydrazine groups is 1. The molecule has 3 rings (SSSR count). The molecule has 1 saturated carbocycles. The van der Waals surface area contributed by atoms with Crippen LogP contribution < -0.4 is 21.1 Å². The standard InChI is InChI=1S/C22H28N4O2/c1-3-26(4-2)19-14-10-17(11-15-19)21(27)25-24-20(16-8-6-5-7-9-16)22(28)23-18-12-13-18/h5-11,14-15,18,20,24H,3-4,12-13H2,1-2H3,(H,23,28)(H,25,27). The number of carbonyl (C=O) groups excluding carboxylic acids is 2. The molecule has 2 aromatic carbocycles. The highest BCUT2D eigenvalue weighted by molar-refractivity contribution is 5.94. The van der Waals surface area contributed by atoms with E-state index in [9.17, 15) is 9.59 Å². The Hall–Kier alpha value is -2.86. The Bertz CT molecular complexity index is 784. The van der Waals surface area contributed by atoms with Crippen molar-refractivity contribution >= 4 is 17.5 Å². The number of carbonyl (C=O) groups is 2. The van der Waals surface area contributed by atoms with E-state index in [0.717, 1.165) is 37.2 Å². The Kier molecular flexibility index (Phi) is 6.66. The number of hydrogen-bond acceptors (Lipinski definition) is 4. The van der Waals surface area contributed by atoms with E-state index in [1.54, 1.807) is 12.1 Å². The highest BCUT2D eigenvalue weighted by Crippen LogP contribution is 2.21. The van der Waals surface area contributed by atoms with Crippen molar-refractivity contribution in [1.29, 1.82) is 0 Å². The smallest absolute Gasteiger partial charge is 0.265 e. The van der Waals surface area contributed by atoms with Gasteiger partial charge in [0.1, 0.15) is 6.04 Å². The van der Waals surface area contributed by atoms with Crippen molar-refractivity contribution in [1.82, 2.24) is 16.2 Å². The maximum atomic E-state index is 12.6. The fourth-order valence-electron chi connectivity index (χ4n) is 3.08. The van der Waals surface area contributed by atoms with Crippen molar-refractivity contribution in [3.8, 4) is 0 Å². The van der Waals surface area contributed by atoms with E-state index in [1.807, 2.05) is 42.5 Å². The van der Waals surface area contributed by atoms with Crippen LogP contribution >= 0.6 is 0 Å². The van der Waals surface area contributed by atoms with E-state index >= 15 is 0 Å². The third-order valence-corrected chi connectivity index (χ3v) is 4.91. The molecule has 1 unspecified atom stereocenters. The third-order valence-electron chi connectivity index (χ3n) is 4.91.